The minimum atomic E-state index is -1.13. The van der Waals surface area contributed by atoms with Crippen LogP contribution in [0.3, 0.4) is 0 Å². The Morgan fingerprint density at radius 3 is 2.26 bits per heavy atom. The number of methoxy groups -OCH3 is 2. The molecular formula is C25H36N4O6. The van der Waals surface area contributed by atoms with E-state index >= 15 is 0 Å². The fraction of sp³-hybridized carbons (Fsp3) is 0.520. The van der Waals surface area contributed by atoms with Gasteiger partial charge in [0.1, 0.15) is 18.0 Å². The summed E-state index contributed by atoms with van der Waals surface area (Å²) in [5, 5.41) is 18.6. The summed E-state index contributed by atoms with van der Waals surface area (Å²) in [4.78, 5) is 36.1. The predicted molar refractivity (Wildman–Crippen MR) is 132 cm³/mol. The molecule has 2 rings (SSSR count). The zero-order chi connectivity index (χ0) is 26.1. The van der Waals surface area contributed by atoms with E-state index in [0.29, 0.717) is 35.2 Å². The molecule has 0 saturated heterocycles. The highest BCUT2D eigenvalue weighted by Crippen LogP contribution is 2.39. The maximum Gasteiger partial charge on any atom is 0.322 e. The number of carboxylic acids is 1. The molecule has 0 fully saturated rings. The van der Waals surface area contributed by atoms with Crippen molar-refractivity contribution in [3.63, 3.8) is 0 Å². The Morgan fingerprint density at radius 1 is 1.11 bits per heavy atom. The van der Waals surface area contributed by atoms with Crippen LogP contribution in [0.15, 0.2) is 24.3 Å². The van der Waals surface area contributed by atoms with Gasteiger partial charge in [0.15, 0.2) is 5.69 Å². The molecule has 2 atom stereocenters. The topological polar surface area (TPSA) is 132 Å². The second kappa shape index (κ2) is 12.8. The number of aliphatic carboxylic acids is 1. The number of hydrogen-bond donors (Lipinski definition) is 3. The minimum absolute atomic E-state index is 0.0442. The second-order valence-electron chi connectivity index (χ2n) is 8.85. The molecule has 2 aromatic rings. The van der Waals surface area contributed by atoms with Gasteiger partial charge in [-0.2, -0.15) is 5.10 Å². The van der Waals surface area contributed by atoms with Crippen molar-refractivity contribution in [1.29, 1.82) is 0 Å². The number of nitrogens with one attached hydrogen (secondary N) is 2. The van der Waals surface area contributed by atoms with Crippen molar-refractivity contribution >= 4 is 17.8 Å². The van der Waals surface area contributed by atoms with Crippen LogP contribution in [0.5, 0.6) is 11.5 Å². The zero-order valence-corrected chi connectivity index (χ0v) is 21.3. The van der Waals surface area contributed by atoms with Gasteiger partial charge in [-0.25, -0.2) is 0 Å². The van der Waals surface area contributed by atoms with Gasteiger partial charge in [-0.05, 0) is 30.0 Å². The molecular weight excluding hydrogens is 452 g/mol. The molecule has 10 heteroatoms. The first kappa shape index (κ1) is 27.7. The largest absolute Gasteiger partial charge is 0.496 e. The summed E-state index contributed by atoms with van der Waals surface area (Å²) in [7, 11) is 3.15. The Labute approximate surface area is 206 Å². The van der Waals surface area contributed by atoms with E-state index in [9.17, 15) is 14.4 Å². The average molecular weight is 489 g/mol. The number of amides is 2. The van der Waals surface area contributed by atoms with Gasteiger partial charge < -0.3 is 25.2 Å². The molecule has 1 aromatic heterocycles. The zero-order valence-electron chi connectivity index (χ0n) is 21.3. The van der Waals surface area contributed by atoms with Gasteiger partial charge in [-0.3, -0.25) is 19.1 Å². The van der Waals surface area contributed by atoms with Gasteiger partial charge in [0, 0.05) is 19.0 Å². The molecule has 0 aliphatic carbocycles. The maximum absolute atomic E-state index is 13.2. The van der Waals surface area contributed by atoms with E-state index in [1.807, 2.05) is 32.0 Å². The minimum Gasteiger partial charge on any atom is -0.496 e. The third-order valence-corrected chi connectivity index (χ3v) is 5.84. The van der Waals surface area contributed by atoms with E-state index in [1.165, 1.54) is 0 Å². The molecule has 3 N–H and O–H groups in total. The Hall–Kier alpha value is -3.56. The standard InChI is InChI=1S/C25H36N4O6/c1-7-16(4)14-29-19(24-20(34-5)9-8-10-21(24)35-6)11-18(28-29)25(33)27-17(15(2)3)12-22(30)26-13-23(31)32/h8-11,15-17H,7,12-14H2,1-6H3,(H,26,30)(H,27,33)(H,31,32). The van der Waals surface area contributed by atoms with E-state index in [-0.39, 0.29) is 18.0 Å². The predicted octanol–water partition coefficient (Wildman–Crippen LogP) is 2.96. The molecule has 1 heterocycles. The fourth-order valence-corrected chi connectivity index (χ4v) is 3.54. The first-order chi connectivity index (χ1) is 16.6. The highest BCUT2D eigenvalue weighted by Gasteiger charge is 2.25. The van der Waals surface area contributed by atoms with E-state index in [2.05, 4.69) is 29.6 Å². The SMILES string of the molecule is CCC(C)Cn1nc(C(=O)NC(CC(=O)NCC(=O)O)C(C)C)cc1-c1c(OC)cccc1OC. The van der Waals surface area contributed by atoms with Crippen molar-refractivity contribution in [3.05, 3.63) is 30.0 Å². The lowest BCUT2D eigenvalue weighted by Crippen LogP contribution is -2.43. The number of carbonyl (C=O) groups is 3. The Bertz CT molecular complexity index is 1010. The number of carboxylic acid groups (broad SMARTS) is 1. The van der Waals surface area contributed by atoms with Crippen molar-refractivity contribution in [2.45, 2.75) is 53.1 Å². The summed E-state index contributed by atoms with van der Waals surface area (Å²) in [5.41, 5.74) is 1.58. The Morgan fingerprint density at radius 2 is 1.74 bits per heavy atom. The Balaban J connectivity index is 2.39. The van der Waals surface area contributed by atoms with Crippen LogP contribution in [0.1, 0.15) is 51.0 Å². The van der Waals surface area contributed by atoms with E-state index in [1.54, 1.807) is 25.0 Å². The third kappa shape index (κ3) is 7.46. The molecule has 0 saturated carbocycles. The smallest absolute Gasteiger partial charge is 0.322 e. The summed E-state index contributed by atoms with van der Waals surface area (Å²) in [6, 6.07) is 6.67. The molecule has 2 amide bonds. The molecule has 35 heavy (non-hydrogen) atoms. The van der Waals surface area contributed by atoms with Gasteiger partial charge in [0.25, 0.3) is 5.91 Å². The van der Waals surface area contributed by atoms with Gasteiger partial charge in [0.05, 0.1) is 25.5 Å². The van der Waals surface area contributed by atoms with E-state index in [0.717, 1.165) is 6.42 Å². The summed E-state index contributed by atoms with van der Waals surface area (Å²) in [5.74, 6) is -0.568. The average Bonchev–Trinajstić information content (AvgIpc) is 3.24. The highest BCUT2D eigenvalue weighted by molar-refractivity contribution is 5.94. The first-order valence-electron chi connectivity index (χ1n) is 11.7. The van der Waals surface area contributed by atoms with Crippen LogP contribution in [-0.4, -0.2) is 59.5 Å². The molecule has 10 nitrogen and oxygen atoms in total. The van der Waals surface area contributed by atoms with Crippen LogP contribution in [0, 0.1) is 11.8 Å². The monoisotopic (exact) mass is 488 g/mol. The quantitative estimate of drug-likeness (QED) is 0.395. The molecule has 192 valence electrons. The van der Waals surface area contributed by atoms with Crippen molar-refractivity contribution in [2.75, 3.05) is 20.8 Å². The summed E-state index contributed by atoms with van der Waals surface area (Å²) >= 11 is 0. The number of rotatable bonds is 13. The van der Waals surface area contributed by atoms with Crippen LogP contribution in [0.2, 0.25) is 0 Å². The van der Waals surface area contributed by atoms with E-state index < -0.39 is 30.4 Å². The molecule has 1 aromatic carbocycles. The lowest BCUT2D eigenvalue weighted by atomic mass is 10.00. The van der Waals surface area contributed by atoms with Gasteiger partial charge in [0.2, 0.25) is 5.91 Å². The van der Waals surface area contributed by atoms with Crippen LogP contribution >= 0.6 is 0 Å². The number of nitrogens with zero attached hydrogens (tertiary/aromatic N) is 2. The lowest BCUT2D eigenvalue weighted by Gasteiger charge is -2.21. The number of carbonyl (C=O) groups excluding carboxylic acids is 2. The molecule has 0 aliphatic heterocycles. The molecule has 0 bridgehead atoms. The summed E-state index contributed by atoms with van der Waals surface area (Å²) in [6.45, 7) is 8.07. The normalized spacial score (nSPS) is 12.7. The summed E-state index contributed by atoms with van der Waals surface area (Å²) in [6.07, 6.45) is 0.891. The van der Waals surface area contributed by atoms with Gasteiger partial charge >= 0.3 is 5.97 Å². The fourth-order valence-electron chi connectivity index (χ4n) is 3.54. The highest BCUT2D eigenvalue weighted by atomic mass is 16.5. The van der Waals surface area contributed by atoms with Crippen LogP contribution in [0.25, 0.3) is 11.3 Å². The van der Waals surface area contributed by atoms with Crippen LogP contribution < -0.4 is 20.1 Å². The number of benzene rings is 1. The third-order valence-electron chi connectivity index (χ3n) is 5.84. The molecule has 0 spiro atoms. The van der Waals surface area contributed by atoms with E-state index in [4.69, 9.17) is 14.6 Å². The molecule has 2 unspecified atom stereocenters. The number of ether oxygens (including phenoxy) is 2. The Kier molecular flexibility index (Phi) is 10.1. The number of aromatic nitrogens is 2. The van der Waals surface area contributed by atoms with Gasteiger partial charge in [-0.15, -0.1) is 0 Å². The maximum atomic E-state index is 13.2. The van der Waals surface area contributed by atoms with Crippen LogP contribution in [-0.2, 0) is 16.1 Å². The number of hydrogen-bond acceptors (Lipinski definition) is 6. The van der Waals surface area contributed by atoms with Gasteiger partial charge in [-0.1, -0.05) is 40.2 Å². The summed E-state index contributed by atoms with van der Waals surface area (Å²) < 4.78 is 12.9. The van der Waals surface area contributed by atoms with Crippen molar-refractivity contribution < 1.29 is 29.0 Å². The van der Waals surface area contributed by atoms with Crippen molar-refractivity contribution in [2.24, 2.45) is 11.8 Å². The lowest BCUT2D eigenvalue weighted by molar-refractivity contribution is -0.138. The first-order valence-corrected chi connectivity index (χ1v) is 11.7. The van der Waals surface area contributed by atoms with Crippen LogP contribution in [0.4, 0.5) is 0 Å². The molecule has 0 aliphatic rings. The van der Waals surface area contributed by atoms with Crippen molar-refractivity contribution in [1.82, 2.24) is 20.4 Å². The molecule has 0 radical (unpaired) electrons. The second-order valence-corrected chi connectivity index (χ2v) is 8.85. The van der Waals surface area contributed by atoms with Crippen molar-refractivity contribution in [3.8, 4) is 22.8 Å².